The molecule has 1 aromatic heterocycles. The Hall–Kier alpha value is -1.36. The summed E-state index contributed by atoms with van der Waals surface area (Å²) in [6.07, 6.45) is 1.82. The third-order valence-corrected chi connectivity index (χ3v) is 3.84. The summed E-state index contributed by atoms with van der Waals surface area (Å²) in [7, 11) is 0. The molecule has 2 N–H and O–H groups in total. The predicted molar refractivity (Wildman–Crippen MR) is 82.4 cm³/mol. The van der Waals surface area contributed by atoms with Crippen molar-refractivity contribution >= 4 is 5.91 Å². The number of rotatable bonds is 5. The number of aliphatic hydroxyl groups is 1. The summed E-state index contributed by atoms with van der Waals surface area (Å²) < 4.78 is 1.97. The normalized spacial score (nSPS) is 17.1. The van der Waals surface area contributed by atoms with Gasteiger partial charge in [0.25, 0.3) is 5.91 Å². The van der Waals surface area contributed by atoms with E-state index in [4.69, 9.17) is 0 Å². The second-order valence-electron chi connectivity index (χ2n) is 7.33. The number of amides is 1. The molecule has 5 nitrogen and oxygen atoms in total. The molecule has 0 radical (unpaired) electrons. The number of carbonyl (C=O) groups excluding carboxylic acids is 1. The van der Waals surface area contributed by atoms with Crippen molar-refractivity contribution in [2.45, 2.75) is 65.0 Å². The van der Waals surface area contributed by atoms with E-state index in [1.165, 1.54) is 12.8 Å². The molecule has 1 atom stereocenters. The van der Waals surface area contributed by atoms with Crippen molar-refractivity contribution in [1.82, 2.24) is 15.1 Å². The molecule has 1 unspecified atom stereocenters. The molecule has 1 aliphatic rings. The van der Waals surface area contributed by atoms with Crippen molar-refractivity contribution in [1.29, 1.82) is 0 Å². The highest BCUT2D eigenvalue weighted by Gasteiger charge is 2.32. The maximum absolute atomic E-state index is 12.2. The van der Waals surface area contributed by atoms with Gasteiger partial charge in [0.2, 0.25) is 0 Å². The van der Waals surface area contributed by atoms with Crippen LogP contribution in [0.4, 0.5) is 0 Å². The number of aliphatic hydroxyl groups excluding tert-OH is 1. The predicted octanol–water partition coefficient (Wildman–Crippen LogP) is 2.26. The second kappa shape index (κ2) is 5.79. The standard InChI is InChI=1S/C16H27N3O2/c1-10(2)14(20)9-17-15(21)12-8-13(11-6-7-11)19(18-12)16(3,4)5/h8,10-11,14,20H,6-7,9H2,1-5H3,(H,17,21). The van der Waals surface area contributed by atoms with Gasteiger partial charge in [-0.25, -0.2) is 0 Å². The Labute approximate surface area is 126 Å². The molecule has 1 amide bonds. The monoisotopic (exact) mass is 293 g/mol. The quantitative estimate of drug-likeness (QED) is 0.875. The lowest BCUT2D eigenvalue weighted by Gasteiger charge is -2.22. The molecule has 0 bridgehead atoms. The molecular weight excluding hydrogens is 266 g/mol. The number of hydrogen-bond donors (Lipinski definition) is 2. The van der Waals surface area contributed by atoms with Crippen LogP contribution in [-0.4, -0.2) is 33.4 Å². The number of nitrogens with zero attached hydrogens (tertiary/aromatic N) is 2. The minimum absolute atomic E-state index is 0.124. The Bertz CT molecular complexity index is 510. The van der Waals surface area contributed by atoms with Gasteiger partial charge in [0.15, 0.2) is 0 Å². The summed E-state index contributed by atoms with van der Waals surface area (Å²) in [5.74, 6) is 0.457. The van der Waals surface area contributed by atoms with Gasteiger partial charge in [-0.3, -0.25) is 9.48 Å². The first kappa shape index (κ1) is 16.0. The molecule has 118 valence electrons. The molecule has 2 rings (SSSR count). The van der Waals surface area contributed by atoms with Crippen molar-refractivity contribution in [2.75, 3.05) is 6.54 Å². The van der Waals surface area contributed by atoms with Crippen LogP contribution in [0.5, 0.6) is 0 Å². The van der Waals surface area contributed by atoms with Crippen LogP contribution in [-0.2, 0) is 5.54 Å². The first-order valence-corrected chi connectivity index (χ1v) is 7.77. The van der Waals surface area contributed by atoms with Crippen LogP contribution in [0.3, 0.4) is 0 Å². The fourth-order valence-corrected chi connectivity index (χ4v) is 2.24. The van der Waals surface area contributed by atoms with E-state index in [1.54, 1.807) is 0 Å². The van der Waals surface area contributed by atoms with Gasteiger partial charge in [-0.15, -0.1) is 0 Å². The number of carbonyl (C=O) groups is 1. The highest BCUT2D eigenvalue weighted by molar-refractivity contribution is 5.92. The SMILES string of the molecule is CC(C)C(O)CNC(=O)c1cc(C2CC2)n(C(C)(C)C)n1. The van der Waals surface area contributed by atoms with Crippen LogP contribution in [0.1, 0.15) is 69.6 Å². The molecule has 1 aromatic rings. The number of hydrogen-bond acceptors (Lipinski definition) is 3. The fourth-order valence-electron chi connectivity index (χ4n) is 2.24. The minimum atomic E-state index is -0.526. The Morgan fingerprint density at radius 1 is 1.48 bits per heavy atom. The van der Waals surface area contributed by atoms with E-state index in [0.29, 0.717) is 11.6 Å². The molecule has 1 heterocycles. The zero-order chi connectivity index (χ0) is 15.8. The third kappa shape index (κ3) is 3.84. The van der Waals surface area contributed by atoms with Gasteiger partial charge in [-0.1, -0.05) is 13.8 Å². The van der Waals surface area contributed by atoms with Crippen LogP contribution >= 0.6 is 0 Å². The van der Waals surface area contributed by atoms with Gasteiger partial charge in [-0.05, 0) is 45.6 Å². The van der Waals surface area contributed by atoms with Gasteiger partial charge in [0.1, 0.15) is 5.69 Å². The Morgan fingerprint density at radius 2 is 2.10 bits per heavy atom. The zero-order valence-corrected chi connectivity index (χ0v) is 13.7. The average molecular weight is 293 g/mol. The number of nitrogens with one attached hydrogen (secondary N) is 1. The Kier molecular flexibility index (Phi) is 4.42. The summed E-state index contributed by atoms with van der Waals surface area (Å²) in [5, 5.41) is 17.0. The molecule has 0 spiro atoms. The molecule has 0 saturated heterocycles. The van der Waals surface area contributed by atoms with Crippen LogP contribution in [0.15, 0.2) is 6.07 Å². The van der Waals surface area contributed by atoms with Crippen molar-refractivity contribution in [3.8, 4) is 0 Å². The zero-order valence-electron chi connectivity index (χ0n) is 13.7. The average Bonchev–Trinajstić information content (AvgIpc) is 3.12. The molecule has 1 saturated carbocycles. The second-order valence-corrected chi connectivity index (χ2v) is 7.33. The summed E-state index contributed by atoms with van der Waals surface area (Å²) >= 11 is 0. The first-order valence-electron chi connectivity index (χ1n) is 7.77. The Morgan fingerprint density at radius 3 is 2.57 bits per heavy atom. The van der Waals surface area contributed by atoms with Crippen LogP contribution in [0.2, 0.25) is 0 Å². The van der Waals surface area contributed by atoms with Gasteiger partial charge < -0.3 is 10.4 Å². The van der Waals surface area contributed by atoms with E-state index in [0.717, 1.165) is 5.69 Å². The van der Waals surface area contributed by atoms with Crippen molar-refractivity contribution in [2.24, 2.45) is 5.92 Å². The molecule has 0 aromatic carbocycles. The van der Waals surface area contributed by atoms with Crippen molar-refractivity contribution < 1.29 is 9.90 Å². The minimum Gasteiger partial charge on any atom is -0.391 e. The van der Waals surface area contributed by atoms with E-state index in [-0.39, 0.29) is 23.9 Å². The lowest BCUT2D eigenvalue weighted by atomic mass is 10.1. The topological polar surface area (TPSA) is 67.2 Å². The summed E-state index contributed by atoms with van der Waals surface area (Å²) in [6, 6.07) is 1.90. The maximum atomic E-state index is 12.2. The molecule has 1 aliphatic carbocycles. The van der Waals surface area contributed by atoms with Crippen LogP contribution in [0.25, 0.3) is 0 Å². The van der Waals surface area contributed by atoms with E-state index in [9.17, 15) is 9.90 Å². The molecule has 5 heteroatoms. The lowest BCUT2D eigenvalue weighted by molar-refractivity contribution is 0.0865. The van der Waals surface area contributed by atoms with Crippen molar-refractivity contribution in [3.05, 3.63) is 17.5 Å². The van der Waals surface area contributed by atoms with E-state index in [1.807, 2.05) is 24.6 Å². The van der Waals surface area contributed by atoms with Crippen LogP contribution < -0.4 is 5.32 Å². The molecule has 0 aliphatic heterocycles. The lowest BCUT2D eigenvalue weighted by Crippen LogP contribution is -2.35. The van der Waals surface area contributed by atoms with Gasteiger partial charge in [-0.2, -0.15) is 5.10 Å². The molecular formula is C16H27N3O2. The molecule has 1 fully saturated rings. The van der Waals surface area contributed by atoms with E-state index in [2.05, 4.69) is 31.2 Å². The van der Waals surface area contributed by atoms with Gasteiger partial charge in [0, 0.05) is 18.2 Å². The van der Waals surface area contributed by atoms with E-state index < -0.39 is 6.10 Å². The van der Waals surface area contributed by atoms with E-state index >= 15 is 0 Å². The highest BCUT2D eigenvalue weighted by Crippen LogP contribution is 2.41. The summed E-state index contributed by atoms with van der Waals surface area (Å²) in [6.45, 7) is 10.4. The van der Waals surface area contributed by atoms with Crippen molar-refractivity contribution in [3.63, 3.8) is 0 Å². The highest BCUT2D eigenvalue weighted by atomic mass is 16.3. The summed E-state index contributed by atoms with van der Waals surface area (Å²) in [5.41, 5.74) is 1.47. The first-order chi connectivity index (χ1) is 9.70. The Balaban J connectivity index is 2.11. The third-order valence-electron chi connectivity index (χ3n) is 3.84. The molecule has 21 heavy (non-hydrogen) atoms. The summed E-state index contributed by atoms with van der Waals surface area (Å²) in [4.78, 5) is 12.2. The maximum Gasteiger partial charge on any atom is 0.271 e. The van der Waals surface area contributed by atoms with Gasteiger partial charge >= 0.3 is 0 Å². The van der Waals surface area contributed by atoms with Gasteiger partial charge in [0.05, 0.1) is 11.6 Å². The fraction of sp³-hybridized carbons (Fsp3) is 0.750. The number of aromatic nitrogens is 2. The largest absolute Gasteiger partial charge is 0.391 e. The van der Waals surface area contributed by atoms with Crippen LogP contribution in [0, 0.1) is 5.92 Å². The smallest absolute Gasteiger partial charge is 0.271 e.